The average molecular weight is 251 g/mol. The molecule has 0 aromatic heterocycles. The molecule has 0 radical (unpaired) electrons. The van der Waals surface area contributed by atoms with Gasteiger partial charge in [0.25, 0.3) is 0 Å². The highest BCUT2D eigenvalue weighted by Gasteiger charge is 2.09. The predicted octanol–water partition coefficient (Wildman–Crippen LogP) is 2.84. The first kappa shape index (κ1) is 14.4. The summed E-state index contributed by atoms with van der Waals surface area (Å²) in [5.74, 6) is 0.671. The molecular weight excluding hydrogens is 230 g/mol. The van der Waals surface area contributed by atoms with Gasteiger partial charge in [0.2, 0.25) is 0 Å². The summed E-state index contributed by atoms with van der Waals surface area (Å²) in [6, 6.07) is 7.73. The highest BCUT2D eigenvalue weighted by atomic mass is 16.5. The minimum atomic E-state index is -0.177. The summed E-state index contributed by atoms with van der Waals surface area (Å²) in [5.41, 5.74) is 0.968. The van der Waals surface area contributed by atoms with E-state index < -0.39 is 0 Å². The fourth-order valence-electron chi connectivity index (χ4n) is 1.62. The summed E-state index contributed by atoms with van der Waals surface area (Å²) >= 11 is 0. The number of nitrogens with one attached hydrogen (secondary N) is 1. The number of benzene rings is 1. The van der Waals surface area contributed by atoms with E-state index in [4.69, 9.17) is 9.47 Å². The van der Waals surface area contributed by atoms with E-state index in [9.17, 15) is 4.79 Å². The van der Waals surface area contributed by atoms with Crippen LogP contribution in [0.4, 0.5) is 5.69 Å². The van der Waals surface area contributed by atoms with Gasteiger partial charge < -0.3 is 14.8 Å². The highest BCUT2D eigenvalue weighted by Crippen LogP contribution is 2.16. The number of esters is 1. The quantitative estimate of drug-likeness (QED) is 0.757. The van der Waals surface area contributed by atoms with E-state index in [0.717, 1.165) is 11.4 Å². The average Bonchev–Trinajstić information content (AvgIpc) is 2.32. The van der Waals surface area contributed by atoms with E-state index in [1.54, 1.807) is 0 Å². The van der Waals surface area contributed by atoms with Gasteiger partial charge in [-0.05, 0) is 45.0 Å². The lowest BCUT2D eigenvalue weighted by Crippen LogP contribution is -2.20. The van der Waals surface area contributed by atoms with Crippen LogP contribution in [0.25, 0.3) is 0 Å². The lowest BCUT2D eigenvalue weighted by molar-refractivity contribution is -0.143. The Morgan fingerprint density at radius 2 is 1.89 bits per heavy atom. The minimum Gasteiger partial charge on any atom is -0.494 e. The van der Waals surface area contributed by atoms with Crippen LogP contribution in [-0.4, -0.2) is 25.2 Å². The second-order valence-corrected chi connectivity index (χ2v) is 4.01. The van der Waals surface area contributed by atoms with E-state index in [1.165, 1.54) is 0 Å². The van der Waals surface area contributed by atoms with E-state index in [1.807, 2.05) is 45.0 Å². The van der Waals surface area contributed by atoms with Crippen molar-refractivity contribution in [3.63, 3.8) is 0 Å². The summed E-state index contributed by atoms with van der Waals surface area (Å²) in [7, 11) is 0. The normalized spacial score (nSPS) is 11.7. The molecule has 0 saturated heterocycles. The van der Waals surface area contributed by atoms with Crippen LogP contribution in [0, 0.1) is 0 Å². The molecule has 0 amide bonds. The van der Waals surface area contributed by atoms with Gasteiger partial charge in [-0.3, -0.25) is 4.79 Å². The monoisotopic (exact) mass is 251 g/mol. The standard InChI is InChI=1S/C14H21NO3/c1-4-17-13-8-6-12(7-9-13)15-11(3)10-14(16)18-5-2/h6-9,11,15H,4-5,10H2,1-3H3. The molecule has 100 valence electrons. The zero-order valence-corrected chi connectivity index (χ0v) is 11.2. The van der Waals surface area contributed by atoms with Crippen LogP contribution in [0.2, 0.25) is 0 Å². The molecule has 1 aromatic carbocycles. The molecule has 0 heterocycles. The van der Waals surface area contributed by atoms with Crippen molar-refractivity contribution >= 4 is 11.7 Å². The first-order valence-corrected chi connectivity index (χ1v) is 6.30. The van der Waals surface area contributed by atoms with Crippen molar-refractivity contribution in [3.05, 3.63) is 24.3 Å². The molecule has 1 aromatic rings. The number of carbonyl (C=O) groups is 1. The first-order valence-electron chi connectivity index (χ1n) is 6.30. The maximum atomic E-state index is 11.3. The van der Waals surface area contributed by atoms with Gasteiger partial charge >= 0.3 is 5.97 Å². The molecule has 1 atom stereocenters. The maximum Gasteiger partial charge on any atom is 0.307 e. The van der Waals surface area contributed by atoms with Gasteiger partial charge in [-0.2, -0.15) is 0 Å². The van der Waals surface area contributed by atoms with Crippen LogP contribution in [0.5, 0.6) is 5.75 Å². The Morgan fingerprint density at radius 3 is 2.44 bits per heavy atom. The van der Waals surface area contributed by atoms with Crippen molar-refractivity contribution < 1.29 is 14.3 Å². The van der Waals surface area contributed by atoms with Gasteiger partial charge in [-0.25, -0.2) is 0 Å². The lowest BCUT2D eigenvalue weighted by atomic mass is 10.2. The van der Waals surface area contributed by atoms with Crippen molar-refractivity contribution in [3.8, 4) is 5.75 Å². The Morgan fingerprint density at radius 1 is 1.22 bits per heavy atom. The Bertz CT molecular complexity index is 362. The van der Waals surface area contributed by atoms with Gasteiger partial charge in [0.1, 0.15) is 5.75 Å². The highest BCUT2D eigenvalue weighted by molar-refractivity contribution is 5.70. The zero-order valence-electron chi connectivity index (χ0n) is 11.2. The smallest absolute Gasteiger partial charge is 0.307 e. The van der Waals surface area contributed by atoms with Crippen LogP contribution < -0.4 is 10.1 Å². The Balaban J connectivity index is 2.43. The lowest BCUT2D eigenvalue weighted by Gasteiger charge is -2.14. The second kappa shape index (κ2) is 7.58. The van der Waals surface area contributed by atoms with Gasteiger partial charge in [0.15, 0.2) is 0 Å². The molecule has 1 unspecified atom stereocenters. The molecule has 0 spiro atoms. The number of anilines is 1. The molecule has 0 aliphatic carbocycles. The summed E-state index contributed by atoms with van der Waals surface area (Å²) in [6.07, 6.45) is 0.362. The molecular formula is C14H21NO3. The molecule has 1 N–H and O–H groups in total. The number of hydrogen-bond acceptors (Lipinski definition) is 4. The van der Waals surface area contributed by atoms with Crippen LogP contribution in [0.1, 0.15) is 27.2 Å². The zero-order chi connectivity index (χ0) is 13.4. The molecule has 0 aliphatic rings. The second-order valence-electron chi connectivity index (χ2n) is 4.01. The number of hydrogen-bond donors (Lipinski definition) is 1. The van der Waals surface area contributed by atoms with E-state index in [2.05, 4.69) is 5.32 Å². The Kier molecular flexibility index (Phi) is 6.05. The topological polar surface area (TPSA) is 47.6 Å². The molecule has 0 bridgehead atoms. The number of carbonyl (C=O) groups excluding carboxylic acids is 1. The largest absolute Gasteiger partial charge is 0.494 e. The number of rotatable bonds is 7. The van der Waals surface area contributed by atoms with E-state index in [-0.39, 0.29) is 12.0 Å². The fourth-order valence-corrected chi connectivity index (χ4v) is 1.62. The summed E-state index contributed by atoms with van der Waals surface area (Å²) in [4.78, 5) is 11.3. The van der Waals surface area contributed by atoms with Crippen molar-refractivity contribution in [2.45, 2.75) is 33.2 Å². The molecule has 0 fully saturated rings. The van der Waals surface area contributed by atoms with Crippen molar-refractivity contribution in [1.82, 2.24) is 0 Å². The van der Waals surface area contributed by atoms with E-state index in [0.29, 0.717) is 19.6 Å². The molecule has 0 saturated carbocycles. The third-order valence-electron chi connectivity index (χ3n) is 2.36. The van der Waals surface area contributed by atoms with E-state index >= 15 is 0 Å². The third-order valence-corrected chi connectivity index (χ3v) is 2.36. The maximum absolute atomic E-state index is 11.3. The van der Waals surface area contributed by atoms with Crippen LogP contribution in [-0.2, 0) is 9.53 Å². The molecule has 4 heteroatoms. The first-order chi connectivity index (χ1) is 8.65. The van der Waals surface area contributed by atoms with Gasteiger partial charge in [-0.15, -0.1) is 0 Å². The predicted molar refractivity (Wildman–Crippen MR) is 71.9 cm³/mol. The summed E-state index contributed by atoms with van der Waals surface area (Å²) in [6.45, 7) is 6.80. The van der Waals surface area contributed by atoms with Crippen molar-refractivity contribution in [1.29, 1.82) is 0 Å². The van der Waals surface area contributed by atoms with Crippen molar-refractivity contribution in [2.24, 2.45) is 0 Å². The van der Waals surface area contributed by atoms with Gasteiger partial charge in [0.05, 0.1) is 19.6 Å². The molecule has 4 nitrogen and oxygen atoms in total. The Labute approximate surface area is 108 Å². The van der Waals surface area contributed by atoms with Crippen LogP contribution >= 0.6 is 0 Å². The SMILES string of the molecule is CCOC(=O)CC(C)Nc1ccc(OCC)cc1. The van der Waals surface area contributed by atoms with Crippen molar-refractivity contribution in [2.75, 3.05) is 18.5 Å². The van der Waals surface area contributed by atoms with Crippen LogP contribution in [0.3, 0.4) is 0 Å². The summed E-state index contributed by atoms with van der Waals surface area (Å²) in [5, 5.41) is 3.24. The van der Waals surface area contributed by atoms with Crippen LogP contribution in [0.15, 0.2) is 24.3 Å². The number of ether oxygens (including phenoxy) is 2. The Hall–Kier alpha value is -1.71. The molecule has 0 aliphatic heterocycles. The fraction of sp³-hybridized carbons (Fsp3) is 0.500. The molecule has 1 rings (SSSR count). The molecule has 18 heavy (non-hydrogen) atoms. The van der Waals surface area contributed by atoms with Gasteiger partial charge in [0, 0.05) is 11.7 Å². The minimum absolute atomic E-state index is 0.0435. The summed E-state index contributed by atoms with van der Waals surface area (Å²) < 4.78 is 10.3. The van der Waals surface area contributed by atoms with Gasteiger partial charge in [-0.1, -0.05) is 0 Å². The third kappa shape index (κ3) is 5.08.